The Kier molecular flexibility index (Phi) is 9.63. The molecule has 2 nitrogen and oxygen atoms in total. The average molecular weight is 976 g/mol. The van der Waals surface area contributed by atoms with Crippen molar-refractivity contribution in [2.45, 2.75) is 0 Å². The summed E-state index contributed by atoms with van der Waals surface area (Å²) in [5.41, 5.74) is 12.7. The van der Waals surface area contributed by atoms with Gasteiger partial charge < -0.3 is 9.13 Å². The number of benzene rings is 12. The molecule has 3 heteroatoms. The molecule has 0 saturated heterocycles. The van der Waals surface area contributed by atoms with E-state index in [1.54, 1.807) is 0 Å². The number of rotatable bonds is 10. The van der Waals surface area contributed by atoms with Gasteiger partial charge in [0, 0.05) is 43.9 Å². The van der Waals surface area contributed by atoms with Crippen molar-refractivity contribution in [3.8, 4) is 55.9 Å². The van der Waals surface area contributed by atoms with E-state index >= 15 is 0 Å². The van der Waals surface area contributed by atoms with E-state index in [0.717, 1.165) is 103 Å². The summed E-state index contributed by atoms with van der Waals surface area (Å²) in [5.74, 6) is 0. The van der Waals surface area contributed by atoms with Crippen molar-refractivity contribution in [2.75, 3.05) is 0 Å². The molecular formula is C72H50N2Si. The Bertz CT molecular complexity index is 4570. The molecule has 2 heterocycles. The van der Waals surface area contributed by atoms with E-state index in [4.69, 9.17) is 1.37 Å². The van der Waals surface area contributed by atoms with Crippen LogP contribution in [0.3, 0.4) is 0 Å². The Balaban J connectivity index is 1.12. The molecule has 0 spiro atoms. The number of aromatic nitrogens is 2. The maximum atomic E-state index is 9.82. The predicted octanol–water partition coefficient (Wildman–Crippen LogP) is 15.9. The van der Waals surface area contributed by atoms with E-state index in [9.17, 15) is 5.48 Å². The molecule has 0 aliphatic rings. The van der Waals surface area contributed by atoms with E-state index in [1.165, 1.54) is 0 Å². The Hall–Kier alpha value is -9.54. The Labute approximate surface area is 445 Å². The second kappa shape index (κ2) is 18.5. The topological polar surface area (TPSA) is 9.86 Å². The van der Waals surface area contributed by atoms with Crippen LogP contribution in [0.2, 0.25) is 0 Å². The summed E-state index contributed by atoms with van der Waals surface area (Å²) in [6.07, 6.45) is 0. The first-order valence-electron chi connectivity index (χ1n) is 28.0. The zero-order valence-corrected chi connectivity index (χ0v) is 41.9. The van der Waals surface area contributed by atoms with Gasteiger partial charge in [0.15, 0.2) is 8.07 Å². The van der Waals surface area contributed by atoms with Gasteiger partial charge in [-0.15, -0.1) is 0 Å². The Morgan fingerprint density at radius 3 is 1.32 bits per heavy atom. The second-order valence-corrected chi connectivity index (χ2v) is 23.0. The lowest BCUT2D eigenvalue weighted by molar-refractivity contribution is 1.17. The van der Waals surface area contributed by atoms with Crippen LogP contribution in [0, 0.1) is 0 Å². The van der Waals surface area contributed by atoms with Gasteiger partial charge in [0.25, 0.3) is 0 Å². The molecule has 352 valence electrons. The van der Waals surface area contributed by atoms with Crippen LogP contribution in [0.15, 0.2) is 303 Å². The van der Waals surface area contributed by atoms with Crippen LogP contribution in [0.4, 0.5) is 0 Å². The maximum absolute atomic E-state index is 9.82. The molecule has 12 aromatic carbocycles. The van der Waals surface area contributed by atoms with Crippen LogP contribution in [-0.4, -0.2) is 17.2 Å². The van der Waals surface area contributed by atoms with Crippen molar-refractivity contribution in [1.82, 2.24) is 9.13 Å². The third-order valence-electron chi connectivity index (χ3n) is 15.2. The lowest BCUT2D eigenvalue weighted by atomic mass is 9.93. The number of hydrogen-bond donors (Lipinski definition) is 0. The average Bonchev–Trinajstić information content (AvgIpc) is 4.22. The Morgan fingerprint density at radius 1 is 0.280 bits per heavy atom. The molecule has 0 radical (unpaired) electrons. The van der Waals surface area contributed by atoms with E-state index in [-0.39, 0.29) is 29.7 Å². The summed E-state index contributed by atoms with van der Waals surface area (Å²) in [4.78, 5) is 0. The minimum Gasteiger partial charge on any atom is -0.309 e. The molecule has 0 bridgehead atoms. The summed E-state index contributed by atoms with van der Waals surface area (Å²) in [7, 11) is -3.32. The van der Waals surface area contributed by atoms with Crippen LogP contribution in [0.1, 0.15) is 6.85 Å². The molecule has 14 rings (SSSR count). The molecule has 0 aliphatic carbocycles. The standard InChI is InChI=1S/C72H50N2Si/c1-7-26-51(27-8-1)59-38-19-20-39-60(59)63-42-25-43-64-61-40-21-23-44-68(61)73(71(63)64)54-46-47-70-67(48-54)62-41-22-24-45-69(62)74(70)72-65(52-28-9-2-10-29-52)49-58(50-66(72)53-30-11-3-12-31-53)75(55-32-13-4-14-33-55,56-34-15-5-16-35-56)57-36-17-6-18-37-57/h1-50H/i2D,9D,10D,28D,29D. The zero-order valence-electron chi connectivity index (χ0n) is 45.9. The highest BCUT2D eigenvalue weighted by molar-refractivity contribution is 7.20. The highest BCUT2D eigenvalue weighted by atomic mass is 28.3. The van der Waals surface area contributed by atoms with E-state index in [2.05, 4.69) is 246 Å². The molecule has 2 aromatic heterocycles. The monoisotopic (exact) mass is 975 g/mol. The number of para-hydroxylation sites is 3. The van der Waals surface area contributed by atoms with Gasteiger partial charge >= 0.3 is 0 Å². The van der Waals surface area contributed by atoms with Gasteiger partial charge in [-0.1, -0.05) is 273 Å². The van der Waals surface area contributed by atoms with Gasteiger partial charge in [-0.05, 0) is 78.9 Å². The number of fused-ring (bicyclic) bond motifs is 6. The summed E-state index contributed by atoms with van der Waals surface area (Å²) in [6.45, 7) is 0. The molecule has 14 aromatic rings. The van der Waals surface area contributed by atoms with Crippen molar-refractivity contribution in [2.24, 2.45) is 0 Å². The summed E-state index contributed by atoms with van der Waals surface area (Å²) in [6, 6.07) is 94.9. The zero-order chi connectivity index (χ0) is 54.1. The highest BCUT2D eigenvalue weighted by Gasteiger charge is 2.42. The van der Waals surface area contributed by atoms with Crippen LogP contribution in [0.5, 0.6) is 0 Å². The van der Waals surface area contributed by atoms with Gasteiger partial charge in [-0.25, -0.2) is 0 Å². The molecule has 0 aliphatic heterocycles. The molecule has 0 fully saturated rings. The van der Waals surface area contributed by atoms with Gasteiger partial charge in [0.05, 0.1) is 34.6 Å². The molecular weight excluding hydrogens is 921 g/mol. The van der Waals surface area contributed by atoms with Crippen LogP contribution in [0.25, 0.3) is 99.5 Å². The third-order valence-corrected chi connectivity index (χ3v) is 19.9. The van der Waals surface area contributed by atoms with Crippen LogP contribution in [-0.2, 0) is 0 Å². The van der Waals surface area contributed by atoms with Crippen molar-refractivity contribution >= 4 is 72.4 Å². The van der Waals surface area contributed by atoms with Gasteiger partial charge in [0.1, 0.15) is 0 Å². The normalized spacial score (nSPS) is 12.7. The molecule has 0 unspecified atom stereocenters. The van der Waals surface area contributed by atoms with Crippen LogP contribution >= 0.6 is 0 Å². The maximum Gasteiger partial charge on any atom is 0.179 e. The first-order chi connectivity index (χ1) is 39.3. The summed E-state index contributed by atoms with van der Waals surface area (Å²) < 4.78 is 51.6. The fraction of sp³-hybridized carbons (Fsp3) is 0. The molecule has 0 N–H and O–H groups in total. The van der Waals surface area contributed by atoms with E-state index < -0.39 is 14.1 Å². The lowest BCUT2D eigenvalue weighted by Crippen LogP contribution is -2.74. The van der Waals surface area contributed by atoms with E-state index in [0.29, 0.717) is 11.3 Å². The first-order valence-corrected chi connectivity index (χ1v) is 27.5. The SMILES string of the molecule is [2H]c1c([2H])c([2H])c(-c2cc([Si](c3ccccc3)(c3ccccc3)c3ccccc3)cc(-c3ccccc3)c2-n2c3ccccc3c3cc(-n4c5ccccc5c5cccc(-c6ccccc6-c6ccccc6)c54)ccc32)c([2H])c1[2H]. The van der Waals surface area contributed by atoms with Crippen molar-refractivity contribution in [1.29, 1.82) is 0 Å². The third kappa shape index (κ3) is 7.23. The van der Waals surface area contributed by atoms with Gasteiger partial charge in [0.2, 0.25) is 0 Å². The van der Waals surface area contributed by atoms with E-state index in [1.807, 2.05) is 36.4 Å². The first kappa shape index (κ1) is 39.0. The van der Waals surface area contributed by atoms with Gasteiger partial charge in [-0.2, -0.15) is 0 Å². The van der Waals surface area contributed by atoms with Crippen LogP contribution < -0.4 is 20.7 Å². The molecule has 0 amide bonds. The lowest BCUT2D eigenvalue weighted by Gasteiger charge is -2.36. The number of hydrogen-bond acceptors (Lipinski definition) is 0. The molecule has 0 saturated carbocycles. The highest BCUT2D eigenvalue weighted by Crippen LogP contribution is 2.45. The fourth-order valence-corrected chi connectivity index (χ4v) is 16.8. The van der Waals surface area contributed by atoms with Crippen molar-refractivity contribution < 1.29 is 6.85 Å². The number of nitrogens with zero attached hydrogens (tertiary/aromatic N) is 2. The minimum absolute atomic E-state index is 0.137. The fourth-order valence-electron chi connectivity index (χ4n) is 12.0. The minimum atomic E-state index is -3.32. The predicted molar refractivity (Wildman–Crippen MR) is 320 cm³/mol. The van der Waals surface area contributed by atoms with Gasteiger partial charge in [-0.3, -0.25) is 0 Å². The largest absolute Gasteiger partial charge is 0.309 e. The molecule has 0 atom stereocenters. The smallest absolute Gasteiger partial charge is 0.179 e. The summed E-state index contributed by atoms with van der Waals surface area (Å²) in [5, 5.41) is 8.78. The van der Waals surface area contributed by atoms with Crippen molar-refractivity contribution in [3.05, 3.63) is 303 Å². The summed E-state index contributed by atoms with van der Waals surface area (Å²) >= 11 is 0. The second-order valence-electron chi connectivity index (χ2n) is 19.2. The Morgan fingerprint density at radius 2 is 0.720 bits per heavy atom. The van der Waals surface area contributed by atoms with Crippen molar-refractivity contribution in [3.63, 3.8) is 0 Å². The molecule has 75 heavy (non-hydrogen) atoms. The quantitative estimate of drug-likeness (QED) is 0.0955.